The van der Waals surface area contributed by atoms with Gasteiger partial charge in [0.25, 0.3) is 0 Å². The van der Waals surface area contributed by atoms with Gasteiger partial charge in [-0.25, -0.2) is 14.8 Å². The van der Waals surface area contributed by atoms with E-state index in [2.05, 4.69) is 9.97 Å². The quantitative estimate of drug-likeness (QED) is 0.860. The van der Waals surface area contributed by atoms with Gasteiger partial charge >= 0.3 is 5.97 Å². The summed E-state index contributed by atoms with van der Waals surface area (Å²) in [5.41, 5.74) is 1.95. The van der Waals surface area contributed by atoms with Gasteiger partial charge in [0, 0.05) is 16.8 Å². The van der Waals surface area contributed by atoms with Gasteiger partial charge in [0.2, 0.25) is 0 Å². The molecule has 1 heterocycles. The van der Waals surface area contributed by atoms with Gasteiger partial charge in [-0.05, 0) is 49.4 Å². The second kappa shape index (κ2) is 5.18. The number of aromatic carboxylic acids is 1. The zero-order valence-corrected chi connectivity index (χ0v) is 10.9. The normalized spacial score (nSPS) is 10.3. The monoisotopic (exact) mass is 260 g/mol. The molecule has 0 aliphatic rings. The van der Waals surface area contributed by atoms with Gasteiger partial charge in [-0.1, -0.05) is 6.07 Å². The first-order valence-corrected chi connectivity index (χ1v) is 6.19. The third kappa shape index (κ3) is 2.87. The Labute approximate surface area is 109 Å². The molecule has 2 rings (SSSR count). The lowest BCUT2D eigenvalue weighted by atomic mass is 10.1. The second-order valence-electron chi connectivity index (χ2n) is 3.86. The number of rotatable bonds is 3. The molecule has 0 spiro atoms. The maximum absolute atomic E-state index is 11.0. The lowest BCUT2D eigenvalue weighted by molar-refractivity contribution is 0.0696. The lowest BCUT2D eigenvalue weighted by Crippen LogP contribution is -1.99. The van der Waals surface area contributed by atoms with E-state index in [1.165, 1.54) is 11.8 Å². The summed E-state index contributed by atoms with van der Waals surface area (Å²) < 4.78 is 0. The maximum Gasteiger partial charge on any atom is 0.335 e. The minimum absolute atomic E-state index is 0.313. The molecule has 1 N–H and O–H groups in total. The minimum Gasteiger partial charge on any atom is -0.478 e. The average Bonchev–Trinajstić information content (AvgIpc) is 2.31. The Morgan fingerprint density at radius 3 is 2.72 bits per heavy atom. The van der Waals surface area contributed by atoms with Crippen molar-refractivity contribution in [1.82, 2.24) is 9.97 Å². The van der Waals surface area contributed by atoms with E-state index in [-0.39, 0.29) is 0 Å². The van der Waals surface area contributed by atoms with E-state index < -0.39 is 5.97 Å². The van der Waals surface area contributed by atoms with Gasteiger partial charge in [-0.15, -0.1) is 0 Å². The van der Waals surface area contributed by atoms with E-state index in [0.717, 1.165) is 16.2 Å². The number of aryl methyl sites for hydroxylation is 2. The van der Waals surface area contributed by atoms with Crippen molar-refractivity contribution in [3.63, 3.8) is 0 Å². The Morgan fingerprint density at radius 2 is 2.06 bits per heavy atom. The van der Waals surface area contributed by atoms with Crippen LogP contribution in [-0.2, 0) is 0 Å². The van der Waals surface area contributed by atoms with E-state index in [1.54, 1.807) is 25.3 Å². The zero-order valence-electron chi connectivity index (χ0n) is 10.0. The van der Waals surface area contributed by atoms with Crippen molar-refractivity contribution in [2.45, 2.75) is 23.9 Å². The Balaban J connectivity index is 2.30. The fourth-order valence-corrected chi connectivity index (χ4v) is 2.30. The molecule has 0 saturated carbocycles. The van der Waals surface area contributed by atoms with Crippen molar-refractivity contribution >= 4 is 17.7 Å². The molecular weight excluding hydrogens is 248 g/mol. The standard InChI is InChI=1S/C13H12N2O2S/c1-8-3-4-10(7-11(8)12(16)17)18-13-14-6-5-9(2)15-13/h3-7H,1-2H3,(H,16,17). The molecule has 18 heavy (non-hydrogen) atoms. The number of carbonyl (C=O) groups is 1. The first-order valence-electron chi connectivity index (χ1n) is 5.38. The molecular formula is C13H12N2O2S. The van der Waals surface area contributed by atoms with Crippen LogP contribution in [0.25, 0.3) is 0 Å². The van der Waals surface area contributed by atoms with Gasteiger partial charge in [-0.3, -0.25) is 0 Å². The zero-order chi connectivity index (χ0) is 13.1. The first-order chi connectivity index (χ1) is 8.56. The van der Waals surface area contributed by atoms with Crippen LogP contribution in [0.1, 0.15) is 21.6 Å². The molecule has 5 heteroatoms. The highest BCUT2D eigenvalue weighted by atomic mass is 32.2. The summed E-state index contributed by atoms with van der Waals surface area (Å²) in [6.45, 7) is 3.67. The van der Waals surface area contributed by atoms with E-state index in [4.69, 9.17) is 5.11 Å². The Kier molecular flexibility index (Phi) is 3.62. The average molecular weight is 260 g/mol. The predicted octanol–water partition coefficient (Wildman–Crippen LogP) is 2.94. The van der Waals surface area contributed by atoms with Crippen LogP contribution in [0.4, 0.5) is 0 Å². The number of carboxylic acid groups (broad SMARTS) is 1. The largest absolute Gasteiger partial charge is 0.478 e. The predicted molar refractivity (Wildman–Crippen MR) is 69.0 cm³/mol. The van der Waals surface area contributed by atoms with Crippen LogP contribution < -0.4 is 0 Å². The lowest BCUT2D eigenvalue weighted by Gasteiger charge is -2.04. The van der Waals surface area contributed by atoms with Gasteiger partial charge in [-0.2, -0.15) is 0 Å². The summed E-state index contributed by atoms with van der Waals surface area (Å²) in [6.07, 6.45) is 1.69. The van der Waals surface area contributed by atoms with Gasteiger partial charge in [0.1, 0.15) is 0 Å². The molecule has 1 aromatic heterocycles. The molecule has 0 fully saturated rings. The van der Waals surface area contributed by atoms with Crippen LogP contribution >= 0.6 is 11.8 Å². The second-order valence-corrected chi connectivity index (χ2v) is 4.91. The molecule has 0 aliphatic carbocycles. The molecule has 2 aromatic rings. The number of hydrogen-bond acceptors (Lipinski definition) is 4. The van der Waals surface area contributed by atoms with Gasteiger partial charge in [0.05, 0.1) is 5.56 Å². The van der Waals surface area contributed by atoms with Crippen LogP contribution in [0.5, 0.6) is 0 Å². The van der Waals surface area contributed by atoms with E-state index in [9.17, 15) is 4.79 Å². The summed E-state index contributed by atoms with van der Waals surface area (Å²) in [6, 6.07) is 7.13. The minimum atomic E-state index is -0.917. The molecule has 0 saturated heterocycles. The molecule has 0 aliphatic heterocycles. The molecule has 0 bridgehead atoms. The SMILES string of the molecule is Cc1ccnc(Sc2ccc(C)c(C(=O)O)c2)n1. The summed E-state index contributed by atoms with van der Waals surface area (Å²) in [5, 5.41) is 9.68. The number of hydrogen-bond donors (Lipinski definition) is 1. The highest BCUT2D eigenvalue weighted by Gasteiger charge is 2.09. The topological polar surface area (TPSA) is 63.1 Å². The van der Waals surface area contributed by atoms with Crippen molar-refractivity contribution in [3.8, 4) is 0 Å². The van der Waals surface area contributed by atoms with Crippen molar-refractivity contribution in [2.75, 3.05) is 0 Å². The summed E-state index contributed by atoms with van der Waals surface area (Å²) >= 11 is 1.36. The molecule has 4 nitrogen and oxygen atoms in total. The Bertz CT molecular complexity index is 599. The van der Waals surface area contributed by atoms with Crippen molar-refractivity contribution in [1.29, 1.82) is 0 Å². The smallest absolute Gasteiger partial charge is 0.335 e. The van der Waals surface area contributed by atoms with Gasteiger partial charge < -0.3 is 5.11 Å². The van der Waals surface area contributed by atoms with Crippen molar-refractivity contribution < 1.29 is 9.90 Å². The van der Waals surface area contributed by atoms with E-state index in [0.29, 0.717) is 10.7 Å². The molecule has 0 radical (unpaired) electrons. The first kappa shape index (κ1) is 12.6. The maximum atomic E-state index is 11.0. The summed E-state index contributed by atoms with van der Waals surface area (Å²) in [5.74, 6) is -0.917. The number of nitrogens with zero attached hydrogens (tertiary/aromatic N) is 2. The van der Waals surface area contributed by atoms with E-state index >= 15 is 0 Å². The molecule has 0 atom stereocenters. The van der Waals surface area contributed by atoms with E-state index in [1.807, 2.05) is 19.1 Å². The molecule has 0 unspecified atom stereocenters. The fourth-order valence-electron chi connectivity index (χ4n) is 1.48. The highest BCUT2D eigenvalue weighted by molar-refractivity contribution is 7.99. The third-order valence-electron chi connectivity index (χ3n) is 2.42. The molecule has 1 aromatic carbocycles. The fraction of sp³-hybridized carbons (Fsp3) is 0.154. The van der Waals surface area contributed by atoms with Crippen LogP contribution in [0, 0.1) is 13.8 Å². The van der Waals surface area contributed by atoms with Gasteiger partial charge in [0.15, 0.2) is 5.16 Å². The third-order valence-corrected chi connectivity index (χ3v) is 3.29. The summed E-state index contributed by atoms with van der Waals surface area (Å²) in [7, 11) is 0. The highest BCUT2D eigenvalue weighted by Crippen LogP contribution is 2.26. The number of carboxylic acids is 1. The number of benzene rings is 1. The van der Waals surface area contributed by atoms with Crippen molar-refractivity contribution in [2.24, 2.45) is 0 Å². The summed E-state index contributed by atoms with van der Waals surface area (Å²) in [4.78, 5) is 20.3. The van der Waals surface area contributed by atoms with Crippen LogP contribution in [-0.4, -0.2) is 21.0 Å². The van der Waals surface area contributed by atoms with Crippen LogP contribution in [0.15, 0.2) is 40.5 Å². The van der Waals surface area contributed by atoms with Crippen molar-refractivity contribution in [3.05, 3.63) is 47.3 Å². The molecule has 0 amide bonds. The molecule has 92 valence electrons. The van der Waals surface area contributed by atoms with Crippen LogP contribution in [0.2, 0.25) is 0 Å². The van der Waals surface area contributed by atoms with Crippen LogP contribution in [0.3, 0.4) is 0 Å². The Morgan fingerprint density at radius 1 is 1.28 bits per heavy atom. The number of aromatic nitrogens is 2. The Hall–Kier alpha value is -1.88.